The van der Waals surface area contributed by atoms with Gasteiger partial charge in [-0.15, -0.1) is 0 Å². The first-order valence-corrected chi connectivity index (χ1v) is 12.6. The zero-order valence-electron chi connectivity index (χ0n) is 18.6. The first kappa shape index (κ1) is 21.5. The Balaban J connectivity index is 1.50. The van der Waals surface area contributed by atoms with Crippen LogP contribution in [0.25, 0.3) is 11.0 Å². The summed E-state index contributed by atoms with van der Waals surface area (Å²) in [5.74, 6) is 0.849. The fourth-order valence-corrected chi connectivity index (χ4v) is 5.58. The van der Waals surface area contributed by atoms with Crippen LogP contribution in [0.5, 0.6) is 0 Å². The number of amides is 1. The van der Waals surface area contributed by atoms with Crippen molar-refractivity contribution in [2.24, 2.45) is 0 Å². The topological polar surface area (TPSA) is 110 Å². The Morgan fingerprint density at radius 3 is 2.47 bits per heavy atom. The second-order valence-corrected chi connectivity index (χ2v) is 10.2. The molecule has 6 rings (SSSR count). The van der Waals surface area contributed by atoms with Gasteiger partial charge in [0.05, 0.1) is 13.2 Å². The highest BCUT2D eigenvalue weighted by Crippen LogP contribution is 2.43. The number of hydrogen-bond acceptors (Lipinski definition) is 7. The number of nitrogens with zero attached hydrogens (tertiary/aromatic N) is 4. The maximum Gasteiger partial charge on any atom is 0.330 e. The van der Waals surface area contributed by atoms with Gasteiger partial charge in [-0.2, -0.15) is 0 Å². The minimum atomic E-state index is -0.579. The highest BCUT2D eigenvalue weighted by Gasteiger charge is 2.34. The SMILES string of the molecule is O=C([C@H](Sc1nc(C2CC2)nc2c1c(=O)[nH]c(=O)n2C1CC1)c1ccccc1)N1CCOCC1. The summed E-state index contributed by atoms with van der Waals surface area (Å²) < 4.78 is 7.04. The average Bonchev–Trinajstić information content (AvgIpc) is 3.76. The molecule has 3 aliphatic rings. The molecule has 9 nitrogen and oxygen atoms in total. The summed E-state index contributed by atoms with van der Waals surface area (Å²) in [6.07, 6.45) is 3.74. The Morgan fingerprint density at radius 1 is 1.06 bits per heavy atom. The van der Waals surface area contributed by atoms with Crippen LogP contribution in [0.3, 0.4) is 0 Å². The number of nitrogens with one attached hydrogen (secondary N) is 1. The van der Waals surface area contributed by atoms with Crippen molar-refractivity contribution in [3.8, 4) is 0 Å². The van der Waals surface area contributed by atoms with Crippen LogP contribution >= 0.6 is 11.8 Å². The first-order valence-electron chi connectivity index (χ1n) is 11.7. The predicted octanol–water partition coefficient (Wildman–Crippen LogP) is 2.38. The Bertz CT molecular complexity index is 1360. The van der Waals surface area contributed by atoms with Gasteiger partial charge >= 0.3 is 5.69 Å². The highest BCUT2D eigenvalue weighted by atomic mass is 32.2. The number of aromatic amines is 1. The number of aromatic nitrogens is 4. The largest absolute Gasteiger partial charge is 0.378 e. The lowest BCUT2D eigenvalue weighted by Crippen LogP contribution is -2.42. The smallest absolute Gasteiger partial charge is 0.330 e. The molecule has 3 heterocycles. The van der Waals surface area contributed by atoms with Crippen molar-refractivity contribution < 1.29 is 9.53 Å². The zero-order chi connectivity index (χ0) is 23.2. The molecule has 10 heteroatoms. The van der Waals surface area contributed by atoms with Gasteiger partial charge in [0, 0.05) is 25.0 Å². The van der Waals surface area contributed by atoms with E-state index in [1.807, 2.05) is 35.2 Å². The molecule has 1 aromatic carbocycles. The summed E-state index contributed by atoms with van der Waals surface area (Å²) in [6, 6.07) is 9.61. The summed E-state index contributed by atoms with van der Waals surface area (Å²) in [5, 5.41) is 0.166. The number of benzene rings is 1. The van der Waals surface area contributed by atoms with Crippen LogP contribution in [-0.4, -0.2) is 56.6 Å². The van der Waals surface area contributed by atoms with E-state index in [1.54, 1.807) is 4.57 Å². The van der Waals surface area contributed by atoms with Crippen LogP contribution in [0.2, 0.25) is 0 Å². The van der Waals surface area contributed by atoms with Crippen molar-refractivity contribution in [3.63, 3.8) is 0 Å². The van der Waals surface area contributed by atoms with E-state index >= 15 is 0 Å². The lowest BCUT2D eigenvalue weighted by molar-refractivity contribution is -0.134. The van der Waals surface area contributed by atoms with Gasteiger partial charge in [-0.05, 0) is 31.2 Å². The van der Waals surface area contributed by atoms with Gasteiger partial charge in [0.2, 0.25) is 5.91 Å². The molecule has 176 valence electrons. The molecule has 2 aliphatic carbocycles. The highest BCUT2D eigenvalue weighted by molar-refractivity contribution is 8.00. The van der Waals surface area contributed by atoms with Crippen molar-refractivity contribution in [1.29, 1.82) is 0 Å². The average molecular weight is 480 g/mol. The Kier molecular flexibility index (Phi) is 5.49. The van der Waals surface area contributed by atoms with E-state index in [0.717, 1.165) is 31.2 Å². The van der Waals surface area contributed by atoms with Gasteiger partial charge < -0.3 is 9.64 Å². The molecule has 1 aliphatic heterocycles. The fraction of sp³-hybridized carbons (Fsp3) is 0.458. The molecule has 1 N–H and O–H groups in total. The molecule has 3 fully saturated rings. The molecule has 0 unspecified atom stereocenters. The lowest BCUT2D eigenvalue weighted by Gasteiger charge is -2.30. The minimum absolute atomic E-state index is 0.0359. The Hall–Kier alpha value is -2.98. The number of H-pyrrole nitrogens is 1. The third kappa shape index (κ3) is 4.05. The van der Waals surface area contributed by atoms with Gasteiger partial charge in [-0.25, -0.2) is 14.8 Å². The normalized spacial score (nSPS) is 19.4. The molecule has 1 atom stereocenters. The molecule has 3 aromatic rings. The Morgan fingerprint density at radius 2 is 1.79 bits per heavy atom. The third-order valence-corrected chi connectivity index (χ3v) is 7.73. The quantitative estimate of drug-likeness (QED) is 0.427. The number of morpholine rings is 1. The van der Waals surface area contributed by atoms with E-state index in [2.05, 4.69) is 4.98 Å². The van der Waals surface area contributed by atoms with Gasteiger partial charge in [-0.1, -0.05) is 42.1 Å². The molecule has 0 radical (unpaired) electrons. The van der Waals surface area contributed by atoms with Crippen LogP contribution in [0.4, 0.5) is 0 Å². The zero-order valence-corrected chi connectivity index (χ0v) is 19.4. The van der Waals surface area contributed by atoms with Crippen molar-refractivity contribution in [3.05, 3.63) is 62.6 Å². The van der Waals surface area contributed by atoms with Crippen LogP contribution < -0.4 is 11.2 Å². The minimum Gasteiger partial charge on any atom is -0.378 e. The van der Waals surface area contributed by atoms with Crippen LogP contribution in [0.15, 0.2) is 44.9 Å². The van der Waals surface area contributed by atoms with Crippen molar-refractivity contribution in [2.75, 3.05) is 26.3 Å². The van der Waals surface area contributed by atoms with Gasteiger partial charge in [0.25, 0.3) is 5.56 Å². The molecular weight excluding hydrogens is 454 g/mol. The summed E-state index contributed by atoms with van der Waals surface area (Å²) in [4.78, 5) is 53.1. The maximum atomic E-state index is 13.7. The number of hydrogen-bond donors (Lipinski definition) is 1. The molecule has 2 saturated carbocycles. The summed E-state index contributed by atoms with van der Waals surface area (Å²) in [6.45, 7) is 2.08. The van der Waals surface area contributed by atoms with Crippen LogP contribution in [0.1, 0.15) is 54.3 Å². The van der Waals surface area contributed by atoms with Crippen molar-refractivity contribution in [2.45, 2.75) is 47.9 Å². The van der Waals surface area contributed by atoms with Gasteiger partial charge in [-0.3, -0.25) is 19.1 Å². The van der Waals surface area contributed by atoms with E-state index in [9.17, 15) is 14.4 Å². The predicted molar refractivity (Wildman–Crippen MR) is 127 cm³/mol. The van der Waals surface area contributed by atoms with Crippen LogP contribution in [0, 0.1) is 0 Å². The lowest BCUT2D eigenvalue weighted by atomic mass is 10.1. The van der Waals surface area contributed by atoms with E-state index in [0.29, 0.717) is 42.8 Å². The maximum absolute atomic E-state index is 13.7. The molecule has 1 saturated heterocycles. The van der Waals surface area contributed by atoms with Gasteiger partial charge in [0.1, 0.15) is 21.5 Å². The number of carbonyl (C=O) groups is 1. The van der Waals surface area contributed by atoms with E-state index < -0.39 is 16.5 Å². The van der Waals surface area contributed by atoms with E-state index in [-0.39, 0.29) is 23.3 Å². The summed E-state index contributed by atoms with van der Waals surface area (Å²) >= 11 is 1.27. The molecule has 0 spiro atoms. The Labute approximate surface area is 199 Å². The molecule has 2 aromatic heterocycles. The molecule has 34 heavy (non-hydrogen) atoms. The van der Waals surface area contributed by atoms with Gasteiger partial charge in [0.15, 0.2) is 5.65 Å². The summed E-state index contributed by atoms with van der Waals surface area (Å²) in [7, 11) is 0. The monoisotopic (exact) mass is 479 g/mol. The van der Waals surface area contributed by atoms with E-state index in [4.69, 9.17) is 14.7 Å². The third-order valence-electron chi connectivity index (χ3n) is 6.50. The number of ether oxygens (including phenoxy) is 1. The first-order chi connectivity index (χ1) is 16.6. The van der Waals surface area contributed by atoms with Crippen molar-refractivity contribution in [1.82, 2.24) is 24.4 Å². The molecule has 0 bridgehead atoms. The number of fused-ring (bicyclic) bond motifs is 1. The van der Waals surface area contributed by atoms with Crippen molar-refractivity contribution >= 4 is 28.7 Å². The fourth-order valence-electron chi connectivity index (χ4n) is 4.36. The second-order valence-electron chi connectivity index (χ2n) is 9.07. The number of rotatable bonds is 6. The molecule has 1 amide bonds. The van der Waals surface area contributed by atoms with E-state index in [1.165, 1.54) is 11.8 Å². The standard InChI is InChI=1S/C24H25N5O4S/c30-21-17-20(29(16-8-9-16)24(32)27-21)25-19(15-6-7-15)26-22(17)34-18(14-4-2-1-3-5-14)23(31)28-10-12-33-13-11-28/h1-5,15-16,18H,6-13H2,(H,27,30,32)/t18-/m1/s1. The van der Waals surface area contributed by atoms with Crippen LogP contribution in [-0.2, 0) is 9.53 Å². The molecular formula is C24H25N5O4S. The summed E-state index contributed by atoms with van der Waals surface area (Å²) in [5.41, 5.74) is 0.296. The number of thioether (sulfide) groups is 1. The second kappa shape index (κ2) is 8.66. The number of carbonyl (C=O) groups excluding carboxylic acids is 1.